The molecule has 0 saturated heterocycles. The minimum atomic E-state index is -0.434. The number of methoxy groups -OCH3 is 2. The Kier molecular flexibility index (Phi) is 5.12. The lowest BCUT2D eigenvalue weighted by Crippen LogP contribution is -2.00. The van der Waals surface area contributed by atoms with Crippen LogP contribution < -0.4 is 9.47 Å². The second kappa shape index (κ2) is 6.67. The average Bonchev–Trinajstić information content (AvgIpc) is 2.49. The highest BCUT2D eigenvalue weighted by atomic mass is 79.9. The minimum Gasteiger partial charge on any atom is -0.493 e. The molecular formula is C16H15BrClFO2. The molecule has 0 aliphatic heterocycles. The van der Waals surface area contributed by atoms with E-state index in [2.05, 4.69) is 15.9 Å². The third-order valence-corrected chi connectivity index (χ3v) is 4.69. The summed E-state index contributed by atoms with van der Waals surface area (Å²) in [5.41, 5.74) is 2.61. The van der Waals surface area contributed by atoms with Crippen LogP contribution in [0.15, 0.2) is 30.3 Å². The van der Waals surface area contributed by atoms with Crippen molar-refractivity contribution in [1.29, 1.82) is 0 Å². The lowest BCUT2D eigenvalue weighted by molar-refractivity contribution is 0.354. The third-order valence-electron chi connectivity index (χ3n) is 3.30. The first-order chi connectivity index (χ1) is 9.99. The van der Waals surface area contributed by atoms with Crippen molar-refractivity contribution in [3.8, 4) is 11.5 Å². The van der Waals surface area contributed by atoms with Crippen LogP contribution in [0.5, 0.6) is 11.5 Å². The third kappa shape index (κ3) is 3.16. The maximum atomic E-state index is 13.6. The zero-order valence-electron chi connectivity index (χ0n) is 11.9. The van der Waals surface area contributed by atoms with E-state index in [-0.39, 0.29) is 9.85 Å². The highest BCUT2D eigenvalue weighted by molar-refractivity contribution is 9.09. The van der Waals surface area contributed by atoms with Crippen LogP contribution in [0.4, 0.5) is 4.39 Å². The Bertz CT molecular complexity index is 661. The van der Waals surface area contributed by atoms with Crippen molar-refractivity contribution in [2.45, 2.75) is 11.8 Å². The number of rotatable bonds is 4. The summed E-state index contributed by atoms with van der Waals surface area (Å²) in [7, 11) is 3.17. The smallest absolute Gasteiger partial charge is 0.161 e. The van der Waals surface area contributed by atoms with Gasteiger partial charge in [-0.2, -0.15) is 0 Å². The molecule has 0 aromatic heterocycles. The fraction of sp³-hybridized carbons (Fsp3) is 0.250. The zero-order chi connectivity index (χ0) is 15.6. The molecule has 0 radical (unpaired) electrons. The second-order valence-corrected chi connectivity index (χ2v) is 5.86. The Hall–Kier alpha value is -1.26. The predicted octanol–water partition coefficient (Wildman–Crippen LogP) is 5.29. The van der Waals surface area contributed by atoms with E-state index in [1.807, 2.05) is 19.1 Å². The molecule has 1 unspecified atom stereocenters. The van der Waals surface area contributed by atoms with E-state index in [1.165, 1.54) is 6.07 Å². The van der Waals surface area contributed by atoms with Gasteiger partial charge in [-0.05, 0) is 41.8 Å². The first-order valence-corrected chi connectivity index (χ1v) is 7.59. The average molecular weight is 374 g/mol. The van der Waals surface area contributed by atoms with Gasteiger partial charge in [-0.1, -0.05) is 39.7 Å². The second-order valence-electron chi connectivity index (χ2n) is 4.57. The maximum Gasteiger partial charge on any atom is 0.161 e. The summed E-state index contributed by atoms with van der Waals surface area (Å²) in [4.78, 5) is -0.236. The molecule has 2 nitrogen and oxygen atoms in total. The quantitative estimate of drug-likeness (QED) is 0.678. The van der Waals surface area contributed by atoms with E-state index in [0.717, 1.165) is 11.1 Å². The molecule has 0 N–H and O–H groups in total. The molecule has 0 heterocycles. The summed E-state index contributed by atoms with van der Waals surface area (Å²) < 4.78 is 24.2. The van der Waals surface area contributed by atoms with E-state index in [4.69, 9.17) is 21.1 Å². The van der Waals surface area contributed by atoms with Gasteiger partial charge in [0.25, 0.3) is 0 Å². The van der Waals surface area contributed by atoms with E-state index in [9.17, 15) is 4.39 Å². The largest absolute Gasteiger partial charge is 0.493 e. The van der Waals surface area contributed by atoms with Crippen LogP contribution in [0.3, 0.4) is 0 Å². The summed E-state index contributed by atoms with van der Waals surface area (Å²) in [5, 5.41) is 0.119. The Balaban J connectivity index is 2.53. The van der Waals surface area contributed by atoms with Gasteiger partial charge in [0.05, 0.1) is 24.1 Å². The van der Waals surface area contributed by atoms with Gasteiger partial charge in [0.1, 0.15) is 5.82 Å². The van der Waals surface area contributed by atoms with Gasteiger partial charge in [-0.15, -0.1) is 0 Å². The number of hydrogen-bond acceptors (Lipinski definition) is 2. The van der Waals surface area contributed by atoms with Gasteiger partial charge in [0, 0.05) is 0 Å². The fourth-order valence-electron chi connectivity index (χ4n) is 2.15. The summed E-state index contributed by atoms with van der Waals surface area (Å²) in [6.07, 6.45) is 0. The number of benzene rings is 2. The van der Waals surface area contributed by atoms with Gasteiger partial charge in [0.2, 0.25) is 0 Å². The lowest BCUT2D eigenvalue weighted by atomic mass is 9.99. The van der Waals surface area contributed by atoms with Crippen LogP contribution in [-0.4, -0.2) is 14.2 Å². The Morgan fingerprint density at radius 2 is 1.71 bits per heavy atom. The molecule has 2 aromatic carbocycles. The van der Waals surface area contributed by atoms with Crippen LogP contribution in [0, 0.1) is 12.7 Å². The zero-order valence-corrected chi connectivity index (χ0v) is 14.3. The van der Waals surface area contributed by atoms with Crippen LogP contribution in [-0.2, 0) is 0 Å². The van der Waals surface area contributed by atoms with E-state index in [0.29, 0.717) is 17.1 Å². The van der Waals surface area contributed by atoms with Gasteiger partial charge < -0.3 is 9.47 Å². The van der Waals surface area contributed by atoms with Crippen molar-refractivity contribution in [2.75, 3.05) is 14.2 Å². The normalized spacial score (nSPS) is 12.1. The SMILES string of the molecule is COc1cc(C)c(C(Br)c2cccc(F)c2Cl)cc1OC. The molecule has 0 saturated carbocycles. The first kappa shape index (κ1) is 16.1. The topological polar surface area (TPSA) is 18.5 Å². The molecule has 1 atom stereocenters. The molecule has 0 aliphatic carbocycles. The standard InChI is InChI=1S/C16H15BrClFO2/c1-9-7-13(20-2)14(21-3)8-11(9)15(17)10-5-4-6-12(19)16(10)18/h4-8,15H,1-3H3. The number of hydrogen-bond donors (Lipinski definition) is 0. The Labute approximate surface area is 137 Å². The van der Waals surface area contributed by atoms with Crippen molar-refractivity contribution in [3.63, 3.8) is 0 Å². The van der Waals surface area contributed by atoms with Crippen LogP contribution >= 0.6 is 27.5 Å². The Morgan fingerprint density at radius 1 is 1.10 bits per heavy atom. The van der Waals surface area contributed by atoms with Gasteiger partial charge in [-0.3, -0.25) is 0 Å². The first-order valence-electron chi connectivity index (χ1n) is 6.30. The lowest BCUT2D eigenvalue weighted by Gasteiger charge is -2.18. The molecule has 0 spiro atoms. The van der Waals surface area contributed by atoms with Crippen molar-refractivity contribution in [1.82, 2.24) is 0 Å². The molecule has 2 aromatic rings. The van der Waals surface area contributed by atoms with Crippen molar-refractivity contribution >= 4 is 27.5 Å². The Morgan fingerprint density at radius 3 is 2.33 bits per heavy atom. The number of alkyl halides is 1. The number of ether oxygens (including phenoxy) is 2. The molecule has 21 heavy (non-hydrogen) atoms. The minimum absolute atomic E-state index is 0.119. The summed E-state index contributed by atoms with van der Waals surface area (Å²) >= 11 is 9.65. The molecule has 5 heteroatoms. The summed E-state index contributed by atoms with van der Waals surface area (Å²) in [5.74, 6) is 0.843. The van der Waals surface area contributed by atoms with Crippen LogP contribution in [0.25, 0.3) is 0 Å². The monoisotopic (exact) mass is 372 g/mol. The number of halogens is 3. The van der Waals surface area contributed by atoms with Crippen molar-refractivity contribution in [3.05, 3.63) is 57.9 Å². The summed E-state index contributed by atoms with van der Waals surface area (Å²) in [6, 6.07) is 8.53. The van der Waals surface area contributed by atoms with Gasteiger partial charge in [-0.25, -0.2) is 4.39 Å². The molecule has 112 valence electrons. The van der Waals surface area contributed by atoms with Gasteiger partial charge >= 0.3 is 0 Å². The molecule has 0 amide bonds. The molecule has 0 aliphatic rings. The highest BCUT2D eigenvalue weighted by Crippen LogP contribution is 2.41. The fourth-order valence-corrected chi connectivity index (χ4v) is 3.39. The molecule has 0 fully saturated rings. The highest BCUT2D eigenvalue weighted by Gasteiger charge is 2.20. The molecular weight excluding hydrogens is 359 g/mol. The van der Waals surface area contributed by atoms with E-state index < -0.39 is 5.82 Å². The molecule has 2 rings (SSSR count). The van der Waals surface area contributed by atoms with E-state index in [1.54, 1.807) is 26.4 Å². The van der Waals surface area contributed by atoms with Crippen LogP contribution in [0.2, 0.25) is 5.02 Å². The maximum absolute atomic E-state index is 13.6. The summed E-state index contributed by atoms with van der Waals surface area (Å²) in [6.45, 7) is 1.96. The van der Waals surface area contributed by atoms with Crippen molar-refractivity contribution in [2.24, 2.45) is 0 Å². The van der Waals surface area contributed by atoms with E-state index >= 15 is 0 Å². The molecule has 0 bridgehead atoms. The van der Waals surface area contributed by atoms with Crippen LogP contribution in [0.1, 0.15) is 21.5 Å². The van der Waals surface area contributed by atoms with Crippen molar-refractivity contribution < 1.29 is 13.9 Å². The number of aryl methyl sites for hydroxylation is 1. The predicted molar refractivity (Wildman–Crippen MR) is 86.5 cm³/mol. The van der Waals surface area contributed by atoms with Gasteiger partial charge in [0.15, 0.2) is 11.5 Å².